The van der Waals surface area contributed by atoms with E-state index in [4.69, 9.17) is 15.2 Å². The number of likely N-dealkylation sites (tertiary alicyclic amines) is 1. The number of halogens is 1. The van der Waals surface area contributed by atoms with E-state index in [2.05, 4.69) is 27.8 Å². The maximum atomic E-state index is 6.07. The molecule has 118 valence electrons. The highest BCUT2D eigenvalue weighted by atomic mass is 79.9. The zero-order chi connectivity index (χ0) is 15.4. The second-order valence-corrected chi connectivity index (χ2v) is 6.39. The fraction of sp³-hybridized carbons (Fsp3) is 0.625. The summed E-state index contributed by atoms with van der Waals surface area (Å²) in [7, 11) is 3.31. The van der Waals surface area contributed by atoms with Crippen LogP contribution in [0, 0.1) is 5.92 Å². The zero-order valence-electron chi connectivity index (χ0n) is 13.1. The molecular formula is C16H25BrN2O2. The number of rotatable bonds is 6. The highest BCUT2D eigenvalue weighted by Gasteiger charge is 2.29. The van der Waals surface area contributed by atoms with Gasteiger partial charge in [0.05, 0.1) is 14.2 Å². The summed E-state index contributed by atoms with van der Waals surface area (Å²) in [4.78, 5) is 2.49. The molecule has 0 saturated carbocycles. The number of benzene rings is 1. The first-order chi connectivity index (χ1) is 10.1. The molecule has 0 aliphatic carbocycles. The monoisotopic (exact) mass is 356 g/mol. The summed E-state index contributed by atoms with van der Waals surface area (Å²) < 4.78 is 11.8. The summed E-state index contributed by atoms with van der Waals surface area (Å²) in [5, 5.41) is 0. The lowest BCUT2D eigenvalue weighted by molar-refractivity contribution is 0.239. The van der Waals surface area contributed by atoms with Crippen LogP contribution in [0.25, 0.3) is 0 Å². The predicted molar refractivity (Wildman–Crippen MR) is 89.0 cm³/mol. The van der Waals surface area contributed by atoms with Crippen molar-refractivity contribution >= 4 is 15.9 Å². The molecule has 2 atom stereocenters. The van der Waals surface area contributed by atoms with Crippen molar-refractivity contribution in [3.8, 4) is 11.5 Å². The van der Waals surface area contributed by atoms with Gasteiger partial charge in [0, 0.05) is 23.6 Å². The Balaban J connectivity index is 2.29. The normalized spacial score (nSPS) is 20.5. The molecule has 1 aromatic carbocycles. The number of hydrogen-bond donors (Lipinski definition) is 1. The standard InChI is InChI=1S/C16H25BrN2O2/c1-4-11-5-6-19(10-11)14(9-18)12-7-15(20-2)16(21-3)8-13(12)17/h7-8,11,14H,4-6,9-10,18H2,1-3H3. The van der Waals surface area contributed by atoms with Gasteiger partial charge in [0.15, 0.2) is 11.5 Å². The van der Waals surface area contributed by atoms with Crippen molar-refractivity contribution in [1.82, 2.24) is 4.90 Å². The Bertz CT molecular complexity index is 482. The Kier molecular flexibility index (Phi) is 5.90. The summed E-state index contributed by atoms with van der Waals surface area (Å²) in [6.45, 7) is 5.10. The van der Waals surface area contributed by atoms with Gasteiger partial charge in [-0.05, 0) is 36.6 Å². The van der Waals surface area contributed by atoms with Crippen molar-refractivity contribution in [3.05, 3.63) is 22.2 Å². The van der Waals surface area contributed by atoms with Crippen molar-refractivity contribution in [2.45, 2.75) is 25.8 Å². The smallest absolute Gasteiger partial charge is 0.161 e. The largest absolute Gasteiger partial charge is 0.493 e. The second-order valence-electron chi connectivity index (χ2n) is 5.54. The molecule has 0 bridgehead atoms. The van der Waals surface area contributed by atoms with E-state index in [0.717, 1.165) is 35.0 Å². The quantitative estimate of drug-likeness (QED) is 0.850. The van der Waals surface area contributed by atoms with Gasteiger partial charge in [0.2, 0.25) is 0 Å². The van der Waals surface area contributed by atoms with E-state index in [-0.39, 0.29) is 6.04 Å². The predicted octanol–water partition coefficient (Wildman–Crippen LogP) is 3.20. The van der Waals surface area contributed by atoms with Crippen LogP contribution in [0.3, 0.4) is 0 Å². The SMILES string of the molecule is CCC1CCN(C(CN)c2cc(OC)c(OC)cc2Br)C1. The minimum atomic E-state index is 0.218. The minimum Gasteiger partial charge on any atom is -0.493 e. The van der Waals surface area contributed by atoms with Crippen LogP contribution >= 0.6 is 15.9 Å². The number of nitrogens with zero attached hydrogens (tertiary/aromatic N) is 1. The lowest BCUT2D eigenvalue weighted by Gasteiger charge is -2.28. The van der Waals surface area contributed by atoms with Gasteiger partial charge in [0.1, 0.15) is 0 Å². The summed E-state index contributed by atoms with van der Waals surface area (Å²) in [6.07, 6.45) is 2.50. The third-order valence-corrected chi connectivity index (χ3v) is 5.11. The molecular weight excluding hydrogens is 332 g/mol. The number of ether oxygens (including phenoxy) is 2. The van der Waals surface area contributed by atoms with Crippen LogP contribution in [-0.4, -0.2) is 38.8 Å². The van der Waals surface area contributed by atoms with Gasteiger partial charge < -0.3 is 15.2 Å². The number of nitrogens with two attached hydrogens (primary N) is 1. The molecule has 5 heteroatoms. The van der Waals surface area contributed by atoms with Crippen molar-refractivity contribution < 1.29 is 9.47 Å². The number of hydrogen-bond acceptors (Lipinski definition) is 4. The van der Waals surface area contributed by atoms with Crippen molar-refractivity contribution in [2.75, 3.05) is 33.9 Å². The molecule has 1 aromatic rings. The van der Waals surface area contributed by atoms with Gasteiger partial charge in [-0.25, -0.2) is 0 Å². The molecule has 21 heavy (non-hydrogen) atoms. The topological polar surface area (TPSA) is 47.7 Å². The lowest BCUT2D eigenvalue weighted by Crippen LogP contribution is -2.32. The first kappa shape index (κ1) is 16.6. The average molecular weight is 357 g/mol. The highest BCUT2D eigenvalue weighted by molar-refractivity contribution is 9.10. The molecule has 1 fully saturated rings. The van der Waals surface area contributed by atoms with Gasteiger partial charge in [-0.2, -0.15) is 0 Å². The Morgan fingerprint density at radius 3 is 2.52 bits per heavy atom. The van der Waals surface area contributed by atoms with Crippen molar-refractivity contribution in [1.29, 1.82) is 0 Å². The van der Waals surface area contributed by atoms with Gasteiger partial charge in [0.25, 0.3) is 0 Å². The van der Waals surface area contributed by atoms with Crippen LogP contribution in [-0.2, 0) is 0 Å². The molecule has 0 spiro atoms. The van der Waals surface area contributed by atoms with Gasteiger partial charge in [-0.15, -0.1) is 0 Å². The van der Waals surface area contributed by atoms with Crippen molar-refractivity contribution in [2.24, 2.45) is 11.7 Å². The van der Waals surface area contributed by atoms with Crippen LogP contribution < -0.4 is 15.2 Å². The molecule has 2 unspecified atom stereocenters. The summed E-state index contributed by atoms with van der Waals surface area (Å²) in [5.74, 6) is 2.27. The van der Waals surface area contributed by atoms with Gasteiger partial charge in [-0.3, -0.25) is 4.90 Å². The molecule has 1 saturated heterocycles. The maximum Gasteiger partial charge on any atom is 0.161 e. The van der Waals surface area contributed by atoms with Gasteiger partial charge in [-0.1, -0.05) is 29.3 Å². The van der Waals surface area contributed by atoms with E-state index in [9.17, 15) is 0 Å². The minimum absolute atomic E-state index is 0.218. The molecule has 2 N–H and O–H groups in total. The molecule has 0 radical (unpaired) electrons. The third kappa shape index (κ3) is 3.52. The summed E-state index contributed by atoms with van der Waals surface area (Å²) >= 11 is 3.65. The first-order valence-corrected chi connectivity index (χ1v) is 8.29. The Hall–Kier alpha value is -0.780. The summed E-state index contributed by atoms with van der Waals surface area (Å²) in [5.41, 5.74) is 7.24. The molecule has 1 heterocycles. The fourth-order valence-electron chi connectivity index (χ4n) is 3.08. The molecule has 2 rings (SSSR count). The molecule has 0 amide bonds. The first-order valence-electron chi connectivity index (χ1n) is 7.50. The van der Waals surface area contributed by atoms with E-state index in [1.807, 2.05) is 12.1 Å². The Morgan fingerprint density at radius 2 is 2.00 bits per heavy atom. The molecule has 1 aliphatic heterocycles. The van der Waals surface area contributed by atoms with E-state index in [1.165, 1.54) is 18.4 Å². The van der Waals surface area contributed by atoms with Crippen LogP contribution in [0.5, 0.6) is 11.5 Å². The van der Waals surface area contributed by atoms with Crippen LogP contribution in [0.1, 0.15) is 31.4 Å². The van der Waals surface area contributed by atoms with Crippen LogP contribution in [0.15, 0.2) is 16.6 Å². The zero-order valence-corrected chi connectivity index (χ0v) is 14.6. The van der Waals surface area contributed by atoms with Crippen LogP contribution in [0.2, 0.25) is 0 Å². The van der Waals surface area contributed by atoms with E-state index < -0.39 is 0 Å². The summed E-state index contributed by atoms with van der Waals surface area (Å²) in [6, 6.07) is 4.22. The second kappa shape index (κ2) is 7.47. The van der Waals surface area contributed by atoms with Gasteiger partial charge >= 0.3 is 0 Å². The lowest BCUT2D eigenvalue weighted by atomic mass is 10.0. The molecule has 1 aliphatic rings. The highest BCUT2D eigenvalue weighted by Crippen LogP contribution is 2.39. The van der Waals surface area contributed by atoms with E-state index >= 15 is 0 Å². The van der Waals surface area contributed by atoms with E-state index in [0.29, 0.717) is 6.54 Å². The van der Waals surface area contributed by atoms with Crippen LogP contribution in [0.4, 0.5) is 0 Å². The maximum absolute atomic E-state index is 6.07. The molecule has 4 nitrogen and oxygen atoms in total. The third-order valence-electron chi connectivity index (χ3n) is 4.42. The van der Waals surface area contributed by atoms with E-state index in [1.54, 1.807) is 14.2 Å². The average Bonchev–Trinajstić information content (AvgIpc) is 2.98. The fourth-order valence-corrected chi connectivity index (χ4v) is 3.66. The van der Waals surface area contributed by atoms with Crippen molar-refractivity contribution in [3.63, 3.8) is 0 Å². The molecule has 0 aromatic heterocycles. The number of methoxy groups -OCH3 is 2. The Morgan fingerprint density at radius 1 is 1.33 bits per heavy atom. The Labute approximate surface area is 135 Å².